The first-order valence-electron chi connectivity index (χ1n) is 8.09. The maximum Gasteiger partial charge on any atom is 0.255 e. The molecule has 2 aliphatic rings. The van der Waals surface area contributed by atoms with E-state index < -0.39 is 0 Å². The summed E-state index contributed by atoms with van der Waals surface area (Å²) >= 11 is 0. The first-order valence-corrected chi connectivity index (χ1v) is 8.09. The van der Waals surface area contributed by atoms with Crippen molar-refractivity contribution in [2.24, 2.45) is 5.41 Å². The fourth-order valence-corrected chi connectivity index (χ4v) is 3.82. The van der Waals surface area contributed by atoms with Crippen LogP contribution in [0.4, 0.5) is 0 Å². The third-order valence-corrected chi connectivity index (χ3v) is 5.33. The van der Waals surface area contributed by atoms with Gasteiger partial charge in [-0.1, -0.05) is 0 Å². The van der Waals surface area contributed by atoms with Crippen molar-refractivity contribution in [3.8, 4) is 0 Å². The van der Waals surface area contributed by atoms with Crippen LogP contribution in [0.15, 0.2) is 18.3 Å². The molecule has 1 spiro atoms. The van der Waals surface area contributed by atoms with Gasteiger partial charge in [0.05, 0.1) is 17.8 Å². The highest BCUT2D eigenvalue weighted by molar-refractivity contribution is 5.95. The number of aryl methyl sites for hydroxylation is 1. The van der Waals surface area contributed by atoms with E-state index >= 15 is 0 Å². The van der Waals surface area contributed by atoms with Gasteiger partial charge < -0.3 is 14.7 Å². The zero-order valence-electron chi connectivity index (χ0n) is 13.3. The predicted molar refractivity (Wildman–Crippen MR) is 82.6 cm³/mol. The maximum atomic E-state index is 12.6. The van der Waals surface area contributed by atoms with Crippen LogP contribution in [0.2, 0.25) is 0 Å². The summed E-state index contributed by atoms with van der Waals surface area (Å²) in [5.74, 6) is 0.0437. The third-order valence-electron chi connectivity index (χ3n) is 5.33. The van der Waals surface area contributed by atoms with Gasteiger partial charge in [-0.2, -0.15) is 0 Å². The normalized spacial score (nSPS) is 26.8. The molecule has 1 saturated carbocycles. The van der Waals surface area contributed by atoms with Crippen LogP contribution in [0.5, 0.6) is 0 Å². The van der Waals surface area contributed by atoms with Crippen LogP contribution >= 0.6 is 0 Å². The van der Waals surface area contributed by atoms with Gasteiger partial charge in [0.1, 0.15) is 0 Å². The van der Waals surface area contributed by atoms with E-state index in [1.54, 1.807) is 12.3 Å². The van der Waals surface area contributed by atoms with Crippen molar-refractivity contribution in [3.63, 3.8) is 0 Å². The molecule has 1 saturated heterocycles. The minimum atomic E-state index is -0.290. The zero-order chi connectivity index (χ0) is 15.7. The Morgan fingerprint density at radius 3 is 2.82 bits per heavy atom. The number of hydrogen-bond acceptors (Lipinski definition) is 4. The molecule has 1 amide bonds. The molecule has 5 heteroatoms. The van der Waals surface area contributed by atoms with Crippen LogP contribution in [-0.2, 0) is 4.74 Å². The van der Waals surface area contributed by atoms with Gasteiger partial charge in [0.25, 0.3) is 5.91 Å². The minimum Gasteiger partial charge on any atom is -0.392 e. The van der Waals surface area contributed by atoms with E-state index in [1.807, 2.05) is 24.8 Å². The summed E-state index contributed by atoms with van der Waals surface area (Å²) in [6.07, 6.45) is 3.90. The number of likely N-dealkylation sites (tertiary alicyclic amines) is 1. The molecule has 2 unspecified atom stereocenters. The van der Waals surface area contributed by atoms with Crippen molar-refractivity contribution in [1.29, 1.82) is 0 Å². The fraction of sp³-hybridized carbons (Fsp3) is 0.647. The highest BCUT2D eigenvalue weighted by Crippen LogP contribution is 2.51. The monoisotopic (exact) mass is 304 g/mol. The molecular weight excluding hydrogens is 280 g/mol. The number of rotatable bonds is 3. The number of aliphatic hydroxyl groups excluding tert-OH is 1. The Morgan fingerprint density at radius 2 is 2.23 bits per heavy atom. The molecule has 1 aliphatic heterocycles. The van der Waals surface area contributed by atoms with Crippen molar-refractivity contribution in [2.75, 3.05) is 19.7 Å². The SMILES string of the molecule is CCOC1CC(O)C12CCN(C(=O)c1cccnc1C)CC2. The Kier molecular flexibility index (Phi) is 4.19. The van der Waals surface area contributed by atoms with Crippen molar-refractivity contribution in [2.45, 2.75) is 45.3 Å². The van der Waals surface area contributed by atoms with E-state index in [9.17, 15) is 9.90 Å². The second-order valence-electron chi connectivity index (χ2n) is 6.36. The van der Waals surface area contributed by atoms with Gasteiger partial charge in [-0.05, 0) is 38.8 Å². The van der Waals surface area contributed by atoms with E-state index in [2.05, 4.69) is 4.98 Å². The van der Waals surface area contributed by atoms with E-state index in [-0.39, 0.29) is 23.5 Å². The van der Waals surface area contributed by atoms with E-state index in [4.69, 9.17) is 4.74 Å². The molecule has 1 N–H and O–H groups in total. The van der Waals surface area contributed by atoms with Crippen LogP contribution in [-0.4, -0.2) is 52.8 Å². The van der Waals surface area contributed by atoms with Crippen molar-refractivity contribution in [3.05, 3.63) is 29.6 Å². The van der Waals surface area contributed by atoms with Gasteiger partial charge in [0.15, 0.2) is 0 Å². The lowest BCUT2D eigenvalue weighted by molar-refractivity contribution is -0.207. The molecule has 0 radical (unpaired) electrons. The number of hydrogen-bond donors (Lipinski definition) is 1. The molecule has 1 aliphatic carbocycles. The number of ether oxygens (including phenoxy) is 1. The number of nitrogens with zero attached hydrogens (tertiary/aromatic N) is 2. The second-order valence-corrected chi connectivity index (χ2v) is 6.36. The Hall–Kier alpha value is -1.46. The second kappa shape index (κ2) is 5.97. The fourth-order valence-electron chi connectivity index (χ4n) is 3.82. The molecule has 0 aromatic carbocycles. The molecule has 22 heavy (non-hydrogen) atoms. The van der Waals surface area contributed by atoms with Crippen molar-refractivity contribution < 1.29 is 14.6 Å². The quantitative estimate of drug-likeness (QED) is 0.924. The van der Waals surface area contributed by atoms with Gasteiger partial charge in [-0.15, -0.1) is 0 Å². The van der Waals surface area contributed by atoms with Crippen LogP contribution < -0.4 is 0 Å². The average molecular weight is 304 g/mol. The average Bonchev–Trinajstić information content (AvgIpc) is 2.55. The summed E-state index contributed by atoms with van der Waals surface area (Å²) in [5.41, 5.74) is 1.30. The van der Waals surface area contributed by atoms with Crippen LogP contribution in [0.1, 0.15) is 42.2 Å². The van der Waals surface area contributed by atoms with Gasteiger partial charge in [0, 0.05) is 43.4 Å². The molecule has 2 heterocycles. The predicted octanol–water partition coefficient (Wildman–Crippen LogP) is 1.78. The third kappa shape index (κ3) is 2.42. The lowest BCUT2D eigenvalue weighted by Gasteiger charge is -2.56. The highest BCUT2D eigenvalue weighted by Gasteiger charge is 2.56. The summed E-state index contributed by atoms with van der Waals surface area (Å²) in [7, 11) is 0. The van der Waals surface area contributed by atoms with Crippen molar-refractivity contribution >= 4 is 5.91 Å². The summed E-state index contributed by atoms with van der Waals surface area (Å²) in [4.78, 5) is 18.7. The molecule has 2 atom stereocenters. The molecule has 1 aromatic rings. The number of pyridine rings is 1. The Labute approximate surface area is 131 Å². The number of carbonyl (C=O) groups is 1. The highest BCUT2D eigenvalue weighted by atomic mass is 16.5. The van der Waals surface area contributed by atoms with Gasteiger partial charge in [-0.3, -0.25) is 9.78 Å². The molecule has 3 rings (SSSR count). The summed E-state index contributed by atoms with van der Waals surface area (Å²) in [6, 6.07) is 3.63. The summed E-state index contributed by atoms with van der Waals surface area (Å²) in [5, 5.41) is 10.2. The Morgan fingerprint density at radius 1 is 1.50 bits per heavy atom. The van der Waals surface area contributed by atoms with Crippen molar-refractivity contribution in [1.82, 2.24) is 9.88 Å². The lowest BCUT2D eigenvalue weighted by Crippen LogP contribution is -2.62. The van der Waals surface area contributed by atoms with Gasteiger partial charge in [0.2, 0.25) is 0 Å². The molecule has 5 nitrogen and oxygen atoms in total. The maximum absolute atomic E-state index is 12.6. The van der Waals surface area contributed by atoms with E-state index in [0.717, 1.165) is 25.0 Å². The first kappa shape index (κ1) is 15.4. The zero-order valence-corrected chi connectivity index (χ0v) is 13.3. The van der Waals surface area contributed by atoms with Gasteiger partial charge >= 0.3 is 0 Å². The Balaban J connectivity index is 1.67. The number of aliphatic hydroxyl groups is 1. The lowest BCUT2D eigenvalue weighted by atomic mass is 9.58. The van der Waals surface area contributed by atoms with Gasteiger partial charge in [-0.25, -0.2) is 0 Å². The minimum absolute atomic E-state index is 0.0437. The smallest absolute Gasteiger partial charge is 0.255 e. The van der Waals surface area contributed by atoms with Crippen LogP contribution in [0.3, 0.4) is 0 Å². The van der Waals surface area contributed by atoms with E-state index in [0.29, 0.717) is 25.3 Å². The summed E-state index contributed by atoms with van der Waals surface area (Å²) < 4.78 is 5.77. The van der Waals surface area contributed by atoms with E-state index in [1.165, 1.54) is 0 Å². The first-order chi connectivity index (χ1) is 10.6. The number of carbonyl (C=O) groups excluding carboxylic acids is 1. The Bertz CT molecular complexity index is 551. The standard InChI is InChI=1S/C17H24N2O3/c1-3-22-15-11-14(20)17(15)6-9-19(10-7-17)16(21)13-5-4-8-18-12(13)2/h4-5,8,14-15,20H,3,6-7,9-11H2,1-2H3. The number of amides is 1. The largest absolute Gasteiger partial charge is 0.392 e. The molecule has 1 aromatic heterocycles. The molecule has 2 fully saturated rings. The molecule has 120 valence electrons. The summed E-state index contributed by atoms with van der Waals surface area (Å²) in [6.45, 7) is 5.87. The topological polar surface area (TPSA) is 62.7 Å². The number of piperidine rings is 1. The molecular formula is C17H24N2O3. The van der Waals surface area contributed by atoms with Crippen LogP contribution in [0, 0.1) is 12.3 Å². The molecule has 0 bridgehead atoms. The van der Waals surface area contributed by atoms with Crippen LogP contribution in [0.25, 0.3) is 0 Å². The number of aromatic nitrogens is 1.